The maximum Gasteiger partial charge on any atom is 0.311 e. The fraction of sp³-hybridized carbons (Fsp3) is 0.556. The largest absolute Gasteiger partial charge is 0.348 e. The van der Waals surface area contributed by atoms with E-state index in [1.54, 1.807) is 4.90 Å². The summed E-state index contributed by atoms with van der Waals surface area (Å²) in [5.74, 6) is -0.209. The number of unbranched alkanes of at least 4 members (excludes halogenated alkanes) is 1. The van der Waals surface area contributed by atoms with E-state index in [4.69, 9.17) is 0 Å². The van der Waals surface area contributed by atoms with E-state index < -0.39 is 5.91 Å². The SMILES string of the molecule is CCCCNC(=O)C(=O)N1CCC(Cc2ccccc2)CC1. The predicted molar refractivity (Wildman–Crippen MR) is 87.4 cm³/mol. The van der Waals surface area contributed by atoms with E-state index in [1.165, 1.54) is 5.56 Å². The summed E-state index contributed by atoms with van der Waals surface area (Å²) in [7, 11) is 0. The van der Waals surface area contributed by atoms with Crippen molar-refractivity contribution in [2.45, 2.75) is 39.0 Å². The summed E-state index contributed by atoms with van der Waals surface area (Å²) in [6, 6.07) is 10.5. The van der Waals surface area contributed by atoms with Gasteiger partial charge in [0.2, 0.25) is 0 Å². The molecule has 0 unspecified atom stereocenters. The Balaban J connectivity index is 1.74. The molecule has 1 N–H and O–H groups in total. The fourth-order valence-corrected chi connectivity index (χ4v) is 2.89. The Morgan fingerprint density at radius 2 is 1.86 bits per heavy atom. The van der Waals surface area contributed by atoms with Crippen molar-refractivity contribution in [1.82, 2.24) is 10.2 Å². The zero-order valence-electron chi connectivity index (χ0n) is 13.4. The van der Waals surface area contributed by atoms with Crippen LogP contribution in [-0.2, 0) is 16.0 Å². The lowest BCUT2D eigenvalue weighted by atomic mass is 9.90. The number of nitrogens with zero attached hydrogens (tertiary/aromatic N) is 1. The van der Waals surface area contributed by atoms with Gasteiger partial charge in [0.25, 0.3) is 0 Å². The van der Waals surface area contributed by atoms with Crippen LogP contribution in [0.5, 0.6) is 0 Å². The van der Waals surface area contributed by atoms with Gasteiger partial charge in [0, 0.05) is 19.6 Å². The molecule has 0 spiro atoms. The highest BCUT2D eigenvalue weighted by atomic mass is 16.2. The molecule has 0 bridgehead atoms. The number of rotatable bonds is 5. The van der Waals surface area contributed by atoms with Crippen LogP contribution in [0.3, 0.4) is 0 Å². The van der Waals surface area contributed by atoms with Crippen molar-refractivity contribution in [2.24, 2.45) is 5.92 Å². The van der Waals surface area contributed by atoms with Gasteiger partial charge in [-0.15, -0.1) is 0 Å². The Morgan fingerprint density at radius 1 is 1.18 bits per heavy atom. The number of likely N-dealkylation sites (tertiary alicyclic amines) is 1. The Morgan fingerprint density at radius 3 is 2.50 bits per heavy atom. The van der Waals surface area contributed by atoms with E-state index in [0.717, 1.165) is 32.1 Å². The molecule has 4 nitrogen and oxygen atoms in total. The Hall–Kier alpha value is -1.84. The minimum absolute atomic E-state index is 0.366. The number of carbonyl (C=O) groups excluding carboxylic acids is 2. The van der Waals surface area contributed by atoms with Crippen molar-refractivity contribution in [3.8, 4) is 0 Å². The maximum atomic E-state index is 12.1. The molecular weight excluding hydrogens is 276 g/mol. The molecule has 1 heterocycles. The third-order valence-corrected chi connectivity index (χ3v) is 4.28. The predicted octanol–water partition coefficient (Wildman–Crippen LogP) is 2.38. The van der Waals surface area contributed by atoms with Crippen molar-refractivity contribution in [3.63, 3.8) is 0 Å². The Kier molecular flexibility index (Phi) is 6.44. The van der Waals surface area contributed by atoms with Crippen LogP contribution in [0.15, 0.2) is 30.3 Å². The lowest BCUT2D eigenvalue weighted by Crippen LogP contribution is -2.46. The van der Waals surface area contributed by atoms with Gasteiger partial charge >= 0.3 is 11.8 Å². The second kappa shape index (κ2) is 8.57. The zero-order valence-corrected chi connectivity index (χ0v) is 13.4. The van der Waals surface area contributed by atoms with Gasteiger partial charge in [-0.2, -0.15) is 0 Å². The van der Waals surface area contributed by atoms with Crippen LogP contribution in [0.25, 0.3) is 0 Å². The molecule has 1 aromatic rings. The van der Waals surface area contributed by atoms with E-state index in [1.807, 2.05) is 6.07 Å². The molecule has 0 aliphatic carbocycles. The van der Waals surface area contributed by atoms with Crippen LogP contribution < -0.4 is 5.32 Å². The quantitative estimate of drug-likeness (QED) is 0.670. The summed E-state index contributed by atoms with van der Waals surface area (Å²) < 4.78 is 0. The van der Waals surface area contributed by atoms with Gasteiger partial charge in [-0.3, -0.25) is 9.59 Å². The fourth-order valence-electron chi connectivity index (χ4n) is 2.89. The van der Waals surface area contributed by atoms with Crippen molar-refractivity contribution in [3.05, 3.63) is 35.9 Å². The van der Waals surface area contributed by atoms with Gasteiger partial charge in [-0.25, -0.2) is 0 Å². The van der Waals surface area contributed by atoms with E-state index in [0.29, 0.717) is 25.6 Å². The summed E-state index contributed by atoms with van der Waals surface area (Å²) in [6.45, 7) is 4.03. The van der Waals surface area contributed by atoms with Gasteiger partial charge in [-0.1, -0.05) is 43.7 Å². The van der Waals surface area contributed by atoms with Crippen LogP contribution in [0, 0.1) is 5.92 Å². The maximum absolute atomic E-state index is 12.1. The lowest BCUT2D eigenvalue weighted by molar-refractivity contribution is -0.146. The van der Waals surface area contributed by atoms with Crippen molar-refractivity contribution < 1.29 is 9.59 Å². The van der Waals surface area contributed by atoms with Crippen LogP contribution in [0.2, 0.25) is 0 Å². The zero-order chi connectivity index (χ0) is 15.8. The molecule has 2 amide bonds. The second-order valence-electron chi connectivity index (χ2n) is 6.03. The number of hydrogen-bond donors (Lipinski definition) is 1. The average Bonchev–Trinajstić information content (AvgIpc) is 2.56. The molecule has 120 valence electrons. The number of benzene rings is 1. The average molecular weight is 302 g/mol. The Labute approximate surface area is 132 Å². The van der Waals surface area contributed by atoms with Gasteiger partial charge in [0.1, 0.15) is 0 Å². The highest BCUT2D eigenvalue weighted by Gasteiger charge is 2.26. The first-order chi connectivity index (χ1) is 10.7. The smallest absolute Gasteiger partial charge is 0.311 e. The van der Waals surface area contributed by atoms with Crippen LogP contribution in [0.4, 0.5) is 0 Å². The normalized spacial score (nSPS) is 15.6. The summed E-state index contributed by atoms with van der Waals surface area (Å²) in [6.07, 6.45) is 4.94. The number of nitrogens with one attached hydrogen (secondary N) is 1. The summed E-state index contributed by atoms with van der Waals surface area (Å²) >= 11 is 0. The second-order valence-corrected chi connectivity index (χ2v) is 6.03. The standard InChI is InChI=1S/C18H26N2O2/c1-2-3-11-19-17(21)18(22)20-12-9-16(10-13-20)14-15-7-5-4-6-8-15/h4-8,16H,2-3,9-14H2,1H3,(H,19,21). The van der Waals surface area contributed by atoms with Gasteiger partial charge in [0.15, 0.2) is 0 Å². The highest BCUT2D eigenvalue weighted by Crippen LogP contribution is 2.21. The van der Waals surface area contributed by atoms with Crippen molar-refractivity contribution in [2.75, 3.05) is 19.6 Å². The molecular formula is C18H26N2O2. The molecule has 0 radical (unpaired) electrons. The van der Waals surface area contributed by atoms with Crippen LogP contribution >= 0.6 is 0 Å². The van der Waals surface area contributed by atoms with Gasteiger partial charge in [0.05, 0.1) is 0 Å². The first-order valence-electron chi connectivity index (χ1n) is 8.31. The van der Waals surface area contributed by atoms with Crippen LogP contribution in [-0.4, -0.2) is 36.3 Å². The molecule has 1 aliphatic rings. The third-order valence-electron chi connectivity index (χ3n) is 4.28. The number of piperidine rings is 1. The molecule has 4 heteroatoms. The topological polar surface area (TPSA) is 49.4 Å². The van der Waals surface area contributed by atoms with E-state index in [2.05, 4.69) is 36.5 Å². The van der Waals surface area contributed by atoms with Crippen molar-refractivity contribution in [1.29, 1.82) is 0 Å². The van der Waals surface area contributed by atoms with Crippen LogP contribution in [0.1, 0.15) is 38.2 Å². The molecule has 0 saturated carbocycles. The van der Waals surface area contributed by atoms with Crippen molar-refractivity contribution >= 4 is 11.8 Å². The molecule has 22 heavy (non-hydrogen) atoms. The lowest BCUT2D eigenvalue weighted by Gasteiger charge is -2.31. The molecule has 1 aromatic carbocycles. The number of hydrogen-bond acceptors (Lipinski definition) is 2. The molecule has 2 rings (SSSR count). The highest BCUT2D eigenvalue weighted by molar-refractivity contribution is 6.35. The number of carbonyl (C=O) groups is 2. The van der Waals surface area contributed by atoms with E-state index in [-0.39, 0.29) is 5.91 Å². The van der Waals surface area contributed by atoms with E-state index in [9.17, 15) is 9.59 Å². The van der Waals surface area contributed by atoms with Gasteiger partial charge < -0.3 is 10.2 Å². The summed E-state index contributed by atoms with van der Waals surface area (Å²) in [4.78, 5) is 25.6. The summed E-state index contributed by atoms with van der Waals surface area (Å²) in [5.41, 5.74) is 1.35. The minimum atomic E-state index is -0.449. The monoisotopic (exact) mass is 302 g/mol. The molecule has 1 saturated heterocycles. The molecule has 0 aromatic heterocycles. The minimum Gasteiger partial charge on any atom is -0.348 e. The summed E-state index contributed by atoms with van der Waals surface area (Å²) in [5, 5.41) is 2.70. The number of amides is 2. The van der Waals surface area contributed by atoms with Gasteiger partial charge in [-0.05, 0) is 37.2 Å². The first-order valence-corrected chi connectivity index (χ1v) is 8.31. The molecule has 1 aliphatic heterocycles. The van der Waals surface area contributed by atoms with E-state index >= 15 is 0 Å². The molecule has 1 fully saturated rings. The Bertz CT molecular complexity index is 479. The molecule has 0 atom stereocenters. The first kappa shape index (κ1) is 16.5. The third kappa shape index (κ3) is 4.86.